The molecule has 0 amide bonds. The van der Waals surface area contributed by atoms with Gasteiger partial charge >= 0.3 is 0 Å². The van der Waals surface area contributed by atoms with E-state index in [1.807, 2.05) is 18.2 Å². The summed E-state index contributed by atoms with van der Waals surface area (Å²) in [6.07, 6.45) is 0. The van der Waals surface area contributed by atoms with E-state index < -0.39 is 0 Å². The first kappa shape index (κ1) is 12.8. The lowest BCUT2D eigenvalue weighted by Crippen LogP contribution is -2.31. The van der Waals surface area contributed by atoms with E-state index in [-0.39, 0.29) is 5.56 Å². The van der Waals surface area contributed by atoms with Crippen molar-refractivity contribution < 1.29 is 0 Å². The topological polar surface area (TPSA) is 57.8 Å². The van der Waals surface area contributed by atoms with Crippen LogP contribution in [0.1, 0.15) is 26.6 Å². The van der Waals surface area contributed by atoms with Gasteiger partial charge in [0.1, 0.15) is 5.82 Å². The molecule has 2 rings (SSSR count). The number of hydrogen-bond donors (Lipinski definition) is 2. The molecule has 0 aliphatic heterocycles. The van der Waals surface area contributed by atoms with Gasteiger partial charge in [-0.2, -0.15) is 0 Å². The number of hydrogen-bond acceptors (Lipinski definition) is 3. The Balaban J connectivity index is 2.22. The van der Waals surface area contributed by atoms with Crippen molar-refractivity contribution in [3.8, 4) is 0 Å². The van der Waals surface area contributed by atoms with Gasteiger partial charge in [0.15, 0.2) is 0 Å². The minimum atomic E-state index is -0.0744. The fourth-order valence-electron chi connectivity index (χ4n) is 1.71. The Morgan fingerprint density at radius 2 is 2.00 bits per heavy atom. The Hall–Kier alpha value is -1.68. The maximum atomic E-state index is 11.9. The van der Waals surface area contributed by atoms with Gasteiger partial charge in [-0.05, 0) is 25.0 Å². The smallest absolute Gasteiger partial charge is 0.258 e. The highest BCUT2D eigenvalue weighted by Gasteiger charge is 2.08. The number of para-hydroxylation sites is 1. The Bertz CT molecular complexity index is 589. The Kier molecular flexibility index (Phi) is 3.77. The van der Waals surface area contributed by atoms with Crippen molar-refractivity contribution in [2.75, 3.05) is 0 Å². The molecular formula is C14H19N3O. The fraction of sp³-hybridized carbons (Fsp3) is 0.429. The molecule has 4 nitrogen and oxygen atoms in total. The van der Waals surface area contributed by atoms with Crippen molar-refractivity contribution in [2.24, 2.45) is 5.92 Å². The van der Waals surface area contributed by atoms with Crippen LogP contribution in [0, 0.1) is 5.92 Å². The van der Waals surface area contributed by atoms with Crippen LogP contribution >= 0.6 is 0 Å². The summed E-state index contributed by atoms with van der Waals surface area (Å²) in [5.74, 6) is 1.24. The zero-order valence-corrected chi connectivity index (χ0v) is 11.0. The van der Waals surface area contributed by atoms with E-state index in [9.17, 15) is 4.79 Å². The average molecular weight is 245 g/mol. The number of nitrogens with one attached hydrogen (secondary N) is 2. The van der Waals surface area contributed by atoms with Crippen molar-refractivity contribution in [2.45, 2.75) is 33.4 Å². The van der Waals surface area contributed by atoms with Crippen LogP contribution in [0.25, 0.3) is 10.9 Å². The largest absolute Gasteiger partial charge is 0.309 e. The Labute approximate surface area is 106 Å². The molecule has 0 saturated carbocycles. The zero-order valence-electron chi connectivity index (χ0n) is 11.0. The van der Waals surface area contributed by atoms with Gasteiger partial charge in [0, 0.05) is 6.04 Å². The van der Waals surface area contributed by atoms with Gasteiger partial charge in [-0.15, -0.1) is 0 Å². The number of rotatable bonds is 4. The molecule has 1 aromatic heterocycles. The standard InChI is InChI=1S/C14H19N3O/c1-9(2)10(3)15-8-13-16-12-7-5-4-6-11(12)14(18)17-13/h4-7,9-10,15H,8H2,1-3H3,(H,16,17,18). The van der Waals surface area contributed by atoms with E-state index in [0.717, 1.165) is 5.52 Å². The first-order valence-electron chi connectivity index (χ1n) is 6.29. The van der Waals surface area contributed by atoms with Crippen molar-refractivity contribution in [3.63, 3.8) is 0 Å². The van der Waals surface area contributed by atoms with Crippen molar-refractivity contribution in [1.29, 1.82) is 0 Å². The second-order valence-corrected chi connectivity index (χ2v) is 4.94. The number of aromatic amines is 1. The molecule has 0 radical (unpaired) electrons. The molecule has 1 heterocycles. The molecule has 96 valence electrons. The first-order valence-corrected chi connectivity index (χ1v) is 6.29. The molecule has 0 bridgehead atoms. The van der Waals surface area contributed by atoms with Gasteiger partial charge in [-0.1, -0.05) is 26.0 Å². The molecule has 1 unspecified atom stereocenters. The van der Waals surface area contributed by atoms with Crippen molar-refractivity contribution in [3.05, 3.63) is 40.4 Å². The number of nitrogens with zero attached hydrogens (tertiary/aromatic N) is 1. The maximum Gasteiger partial charge on any atom is 0.258 e. The average Bonchev–Trinajstić information content (AvgIpc) is 2.36. The van der Waals surface area contributed by atoms with E-state index in [1.54, 1.807) is 6.07 Å². The predicted octanol–water partition coefficient (Wildman–Crippen LogP) is 2.06. The van der Waals surface area contributed by atoms with Crippen LogP contribution in [-0.4, -0.2) is 16.0 Å². The summed E-state index contributed by atoms with van der Waals surface area (Å²) in [6.45, 7) is 7.03. The third kappa shape index (κ3) is 2.76. The summed E-state index contributed by atoms with van der Waals surface area (Å²) >= 11 is 0. The molecule has 18 heavy (non-hydrogen) atoms. The summed E-state index contributed by atoms with van der Waals surface area (Å²) in [7, 11) is 0. The molecule has 4 heteroatoms. The van der Waals surface area contributed by atoms with Crippen LogP contribution in [0.5, 0.6) is 0 Å². The van der Waals surface area contributed by atoms with Crippen LogP contribution in [-0.2, 0) is 6.54 Å². The molecule has 0 fully saturated rings. The van der Waals surface area contributed by atoms with Crippen LogP contribution in [0.15, 0.2) is 29.1 Å². The Morgan fingerprint density at radius 3 is 2.72 bits per heavy atom. The Morgan fingerprint density at radius 1 is 1.28 bits per heavy atom. The lowest BCUT2D eigenvalue weighted by molar-refractivity contribution is 0.421. The molecule has 0 aliphatic carbocycles. The molecule has 0 spiro atoms. The predicted molar refractivity (Wildman–Crippen MR) is 73.5 cm³/mol. The first-order chi connectivity index (χ1) is 8.58. The molecular weight excluding hydrogens is 226 g/mol. The van der Waals surface area contributed by atoms with E-state index >= 15 is 0 Å². The number of fused-ring (bicyclic) bond motifs is 1. The summed E-state index contributed by atoms with van der Waals surface area (Å²) in [4.78, 5) is 19.1. The lowest BCUT2D eigenvalue weighted by Gasteiger charge is -2.16. The quantitative estimate of drug-likeness (QED) is 0.866. The molecule has 1 aromatic carbocycles. The van der Waals surface area contributed by atoms with E-state index in [0.29, 0.717) is 29.7 Å². The second kappa shape index (κ2) is 5.31. The third-order valence-corrected chi connectivity index (χ3v) is 3.25. The van der Waals surface area contributed by atoms with Crippen LogP contribution in [0.4, 0.5) is 0 Å². The van der Waals surface area contributed by atoms with E-state index in [2.05, 4.69) is 36.1 Å². The van der Waals surface area contributed by atoms with Crippen LogP contribution in [0.2, 0.25) is 0 Å². The van der Waals surface area contributed by atoms with Gasteiger partial charge in [0.25, 0.3) is 5.56 Å². The number of benzene rings is 1. The number of aromatic nitrogens is 2. The third-order valence-electron chi connectivity index (χ3n) is 3.25. The van der Waals surface area contributed by atoms with Crippen LogP contribution in [0.3, 0.4) is 0 Å². The fourth-order valence-corrected chi connectivity index (χ4v) is 1.71. The highest BCUT2D eigenvalue weighted by molar-refractivity contribution is 5.77. The zero-order chi connectivity index (χ0) is 13.1. The van der Waals surface area contributed by atoms with Crippen molar-refractivity contribution >= 4 is 10.9 Å². The molecule has 1 atom stereocenters. The molecule has 0 saturated heterocycles. The number of H-pyrrole nitrogens is 1. The van der Waals surface area contributed by atoms with E-state index in [1.165, 1.54) is 0 Å². The van der Waals surface area contributed by atoms with Crippen LogP contribution < -0.4 is 10.9 Å². The second-order valence-electron chi connectivity index (χ2n) is 4.94. The molecule has 2 N–H and O–H groups in total. The highest BCUT2D eigenvalue weighted by atomic mass is 16.1. The van der Waals surface area contributed by atoms with E-state index in [4.69, 9.17) is 0 Å². The van der Waals surface area contributed by atoms with Gasteiger partial charge in [0.05, 0.1) is 17.4 Å². The lowest BCUT2D eigenvalue weighted by atomic mass is 10.1. The summed E-state index contributed by atoms with van der Waals surface area (Å²) in [5, 5.41) is 3.99. The van der Waals surface area contributed by atoms with Crippen molar-refractivity contribution in [1.82, 2.24) is 15.3 Å². The van der Waals surface area contributed by atoms with Gasteiger partial charge in [0.2, 0.25) is 0 Å². The SMILES string of the molecule is CC(C)C(C)NCc1nc2ccccc2c(=O)[nH]1. The summed E-state index contributed by atoms with van der Waals surface area (Å²) < 4.78 is 0. The molecule has 2 aromatic rings. The summed E-state index contributed by atoms with van der Waals surface area (Å²) in [5.41, 5.74) is 0.671. The monoisotopic (exact) mass is 245 g/mol. The van der Waals surface area contributed by atoms with Gasteiger partial charge in [-0.3, -0.25) is 4.79 Å². The maximum absolute atomic E-state index is 11.9. The van der Waals surface area contributed by atoms with Gasteiger partial charge < -0.3 is 10.3 Å². The normalized spacial score (nSPS) is 13.1. The highest BCUT2D eigenvalue weighted by Crippen LogP contribution is 2.06. The summed E-state index contributed by atoms with van der Waals surface area (Å²) in [6, 6.07) is 7.78. The minimum absolute atomic E-state index is 0.0744. The van der Waals surface area contributed by atoms with Gasteiger partial charge in [-0.25, -0.2) is 4.98 Å². The molecule has 0 aliphatic rings. The minimum Gasteiger partial charge on any atom is -0.309 e.